The van der Waals surface area contributed by atoms with Crippen molar-refractivity contribution in [2.24, 2.45) is 0 Å². The monoisotopic (exact) mass is 386 g/mol. The molecule has 1 aromatic carbocycles. The van der Waals surface area contributed by atoms with Crippen LogP contribution in [0.5, 0.6) is 0 Å². The fourth-order valence-electron chi connectivity index (χ4n) is 2.70. The zero-order valence-corrected chi connectivity index (χ0v) is 16.3. The molecule has 0 saturated carbocycles. The smallest absolute Gasteiger partial charge is 0.339 e. The number of thiazole rings is 1. The minimum atomic E-state index is -0.435. The van der Waals surface area contributed by atoms with E-state index in [1.807, 2.05) is 35.7 Å². The van der Waals surface area contributed by atoms with Gasteiger partial charge in [-0.05, 0) is 19.4 Å². The quantitative estimate of drug-likeness (QED) is 0.383. The van der Waals surface area contributed by atoms with E-state index in [0.29, 0.717) is 22.5 Å². The summed E-state index contributed by atoms with van der Waals surface area (Å²) >= 11 is 2.92. The van der Waals surface area contributed by atoms with E-state index >= 15 is 0 Å². The lowest BCUT2D eigenvalue weighted by molar-refractivity contribution is 0.0599. The molecule has 0 amide bonds. The number of benzene rings is 1. The Morgan fingerprint density at radius 1 is 1.23 bits per heavy atom. The molecule has 2 aromatic heterocycles. The first kappa shape index (κ1) is 18.4. The second kappa shape index (κ2) is 7.88. The van der Waals surface area contributed by atoms with Gasteiger partial charge in [-0.15, -0.1) is 11.3 Å². The molecule has 26 heavy (non-hydrogen) atoms. The number of esters is 1. The summed E-state index contributed by atoms with van der Waals surface area (Å²) in [6.07, 6.45) is 0. The summed E-state index contributed by atoms with van der Waals surface area (Å²) in [6, 6.07) is 9.93. The van der Waals surface area contributed by atoms with Crippen molar-refractivity contribution in [3.8, 4) is 11.3 Å². The first-order valence-electron chi connectivity index (χ1n) is 7.95. The molecule has 5 nitrogen and oxygen atoms in total. The molecule has 7 heteroatoms. The van der Waals surface area contributed by atoms with Crippen molar-refractivity contribution in [2.45, 2.75) is 18.2 Å². The van der Waals surface area contributed by atoms with E-state index in [4.69, 9.17) is 4.74 Å². The van der Waals surface area contributed by atoms with E-state index in [1.54, 1.807) is 13.8 Å². The number of thioether (sulfide) groups is 1. The summed E-state index contributed by atoms with van der Waals surface area (Å²) in [5.41, 5.74) is 4.12. The standard InChI is InChI=1S/C19H18N2O3S2/c1-11-16(18(23)24-3)12(2)20-17(11)15(22)10-26-19-21-14(9-25-19)13-7-5-4-6-8-13/h4-9,20H,10H2,1-3H3. The van der Waals surface area contributed by atoms with E-state index in [9.17, 15) is 9.59 Å². The molecule has 0 aliphatic carbocycles. The maximum atomic E-state index is 12.6. The Labute approximate surface area is 159 Å². The number of ketones is 1. The molecular weight excluding hydrogens is 368 g/mol. The van der Waals surface area contributed by atoms with Crippen LogP contribution in [0, 0.1) is 13.8 Å². The van der Waals surface area contributed by atoms with E-state index in [-0.39, 0.29) is 11.5 Å². The lowest BCUT2D eigenvalue weighted by atomic mass is 10.1. The highest BCUT2D eigenvalue weighted by molar-refractivity contribution is 8.01. The Bertz CT molecular complexity index is 945. The molecule has 0 saturated heterocycles. The van der Waals surface area contributed by atoms with Crippen LogP contribution in [-0.4, -0.2) is 34.6 Å². The molecule has 1 N–H and O–H groups in total. The summed E-state index contributed by atoms with van der Waals surface area (Å²) in [5.74, 6) is -0.249. The minimum Gasteiger partial charge on any atom is -0.465 e. The molecule has 0 radical (unpaired) electrons. The van der Waals surface area contributed by atoms with Crippen LogP contribution in [0.4, 0.5) is 0 Å². The fourth-order valence-corrected chi connectivity index (χ4v) is 4.41. The molecule has 0 aliphatic rings. The van der Waals surface area contributed by atoms with Gasteiger partial charge in [0, 0.05) is 16.6 Å². The number of hydrogen-bond donors (Lipinski definition) is 1. The van der Waals surface area contributed by atoms with Crippen molar-refractivity contribution in [3.05, 3.63) is 58.2 Å². The maximum absolute atomic E-state index is 12.6. The molecule has 2 heterocycles. The molecule has 0 unspecified atom stereocenters. The van der Waals surface area contributed by atoms with Gasteiger partial charge < -0.3 is 9.72 Å². The largest absolute Gasteiger partial charge is 0.465 e. The zero-order valence-electron chi connectivity index (χ0n) is 14.7. The van der Waals surface area contributed by atoms with Gasteiger partial charge in [0.25, 0.3) is 0 Å². The van der Waals surface area contributed by atoms with Crippen LogP contribution in [-0.2, 0) is 4.74 Å². The van der Waals surface area contributed by atoms with Gasteiger partial charge in [0.2, 0.25) is 0 Å². The number of H-pyrrole nitrogens is 1. The van der Waals surface area contributed by atoms with Gasteiger partial charge in [-0.25, -0.2) is 9.78 Å². The van der Waals surface area contributed by atoms with Gasteiger partial charge in [-0.1, -0.05) is 42.1 Å². The van der Waals surface area contributed by atoms with E-state index < -0.39 is 5.97 Å². The summed E-state index contributed by atoms with van der Waals surface area (Å²) < 4.78 is 5.62. The second-order valence-corrected chi connectivity index (χ2v) is 7.77. The highest BCUT2D eigenvalue weighted by atomic mass is 32.2. The Morgan fingerprint density at radius 2 is 1.96 bits per heavy atom. The Morgan fingerprint density at radius 3 is 2.65 bits per heavy atom. The van der Waals surface area contributed by atoms with Crippen molar-refractivity contribution in [2.75, 3.05) is 12.9 Å². The second-order valence-electron chi connectivity index (χ2n) is 5.69. The highest BCUT2D eigenvalue weighted by Crippen LogP contribution is 2.29. The van der Waals surface area contributed by atoms with E-state index in [2.05, 4.69) is 9.97 Å². The van der Waals surface area contributed by atoms with Crippen LogP contribution in [0.3, 0.4) is 0 Å². The van der Waals surface area contributed by atoms with Gasteiger partial charge in [-0.3, -0.25) is 4.79 Å². The molecule has 0 fully saturated rings. The molecular formula is C19H18N2O3S2. The number of aromatic amines is 1. The lowest BCUT2D eigenvalue weighted by Gasteiger charge is -2.01. The van der Waals surface area contributed by atoms with Gasteiger partial charge in [0.15, 0.2) is 10.1 Å². The number of rotatable bonds is 6. The number of nitrogens with zero attached hydrogens (tertiary/aromatic N) is 1. The minimum absolute atomic E-state index is 0.0674. The predicted octanol–water partition coefficient (Wildman–Crippen LogP) is 4.52. The predicted molar refractivity (Wildman–Crippen MR) is 104 cm³/mol. The zero-order chi connectivity index (χ0) is 18.7. The topological polar surface area (TPSA) is 72.1 Å². The van der Waals surface area contributed by atoms with Gasteiger partial charge in [-0.2, -0.15) is 0 Å². The van der Waals surface area contributed by atoms with Crippen molar-refractivity contribution in [1.29, 1.82) is 0 Å². The number of nitrogens with one attached hydrogen (secondary N) is 1. The van der Waals surface area contributed by atoms with E-state index in [1.165, 1.54) is 30.2 Å². The van der Waals surface area contributed by atoms with Gasteiger partial charge in [0.1, 0.15) is 0 Å². The summed E-state index contributed by atoms with van der Waals surface area (Å²) in [7, 11) is 1.33. The average molecular weight is 386 g/mol. The number of hydrogen-bond acceptors (Lipinski definition) is 6. The first-order valence-corrected chi connectivity index (χ1v) is 9.82. The fraction of sp³-hybridized carbons (Fsp3) is 0.211. The summed E-state index contributed by atoms with van der Waals surface area (Å²) in [4.78, 5) is 32.0. The van der Waals surface area contributed by atoms with E-state index in [0.717, 1.165) is 15.6 Å². The number of aromatic nitrogens is 2. The number of carbonyl (C=O) groups is 2. The van der Waals surface area contributed by atoms with Crippen molar-refractivity contribution in [3.63, 3.8) is 0 Å². The van der Waals surface area contributed by atoms with Crippen LogP contribution >= 0.6 is 23.1 Å². The average Bonchev–Trinajstić information content (AvgIpc) is 3.24. The van der Waals surface area contributed by atoms with Crippen LogP contribution in [0.15, 0.2) is 40.1 Å². The van der Waals surface area contributed by atoms with Crippen molar-refractivity contribution in [1.82, 2.24) is 9.97 Å². The van der Waals surface area contributed by atoms with Crippen LogP contribution in [0.2, 0.25) is 0 Å². The molecule has 134 valence electrons. The van der Waals surface area contributed by atoms with Crippen LogP contribution in [0.25, 0.3) is 11.3 Å². The van der Waals surface area contributed by atoms with Crippen molar-refractivity contribution >= 4 is 34.9 Å². The first-order chi connectivity index (χ1) is 12.5. The van der Waals surface area contributed by atoms with Crippen LogP contribution < -0.4 is 0 Å². The van der Waals surface area contributed by atoms with Gasteiger partial charge in [0.05, 0.1) is 29.8 Å². The lowest BCUT2D eigenvalue weighted by Crippen LogP contribution is -2.07. The number of aryl methyl sites for hydroxylation is 1. The SMILES string of the molecule is COC(=O)c1c(C)[nH]c(C(=O)CSc2nc(-c3ccccc3)cs2)c1C. The molecule has 3 rings (SSSR count). The van der Waals surface area contributed by atoms with Crippen molar-refractivity contribution < 1.29 is 14.3 Å². The Kier molecular flexibility index (Phi) is 5.58. The third-order valence-electron chi connectivity index (χ3n) is 3.99. The Hall–Kier alpha value is -2.38. The highest BCUT2D eigenvalue weighted by Gasteiger charge is 2.22. The van der Waals surface area contributed by atoms with Gasteiger partial charge >= 0.3 is 5.97 Å². The normalized spacial score (nSPS) is 10.7. The molecule has 0 atom stereocenters. The third-order valence-corrected chi connectivity index (χ3v) is 6.01. The molecule has 0 spiro atoms. The maximum Gasteiger partial charge on any atom is 0.339 e. The number of methoxy groups -OCH3 is 1. The molecule has 0 aliphatic heterocycles. The number of Topliss-reactive ketones (excluding diaryl/α,β-unsaturated/α-hetero) is 1. The molecule has 0 bridgehead atoms. The third kappa shape index (κ3) is 3.73. The number of carbonyl (C=O) groups excluding carboxylic acids is 2. The van der Waals surface area contributed by atoms with Crippen LogP contribution in [0.1, 0.15) is 32.1 Å². The molecule has 3 aromatic rings. The Balaban J connectivity index is 1.70. The number of ether oxygens (including phenoxy) is 1. The summed E-state index contributed by atoms with van der Waals surface area (Å²) in [5, 5.41) is 1.99. The summed E-state index contributed by atoms with van der Waals surface area (Å²) in [6.45, 7) is 3.51.